The van der Waals surface area contributed by atoms with Gasteiger partial charge in [-0.1, -0.05) is 29.5 Å². The molecular formula is C28H30N2O7S. The van der Waals surface area contributed by atoms with Crippen LogP contribution in [0.1, 0.15) is 37.9 Å². The predicted molar refractivity (Wildman–Crippen MR) is 144 cm³/mol. The summed E-state index contributed by atoms with van der Waals surface area (Å²) in [5.41, 5.74) is 1.81. The number of methoxy groups -OCH3 is 3. The fourth-order valence-electron chi connectivity index (χ4n) is 4.41. The average molecular weight is 539 g/mol. The van der Waals surface area contributed by atoms with E-state index in [1.165, 1.54) is 15.9 Å². The molecule has 3 aromatic rings. The number of hydrogen-bond acceptors (Lipinski definition) is 9. The summed E-state index contributed by atoms with van der Waals surface area (Å²) in [6.07, 6.45) is 1.74. The summed E-state index contributed by atoms with van der Waals surface area (Å²) in [6.45, 7) is 5.96. The van der Waals surface area contributed by atoms with Crippen LogP contribution in [0, 0.1) is 0 Å². The van der Waals surface area contributed by atoms with Crippen molar-refractivity contribution in [3.63, 3.8) is 0 Å². The summed E-state index contributed by atoms with van der Waals surface area (Å²) in [7, 11) is 4.66. The van der Waals surface area contributed by atoms with Gasteiger partial charge in [-0.3, -0.25) is 9.36 Å². The summed E-state index contributed by atoms with van der Waals surface area (Å²) in [5, 5.41) is 0. The zero-order valence-electron chi connectivity index (χ0n) is 22.2. The predicted octanol–water partition coefficient (Wildman–Crippen LogP) is 3.22. The van der Waals surface area contributed by atoms with E-state index in [-0.39, 0.29) is 17.7 Å². The molecule has 4 rings (SSSR count). The van der Waals surface area contributed by atoms with Gasteiger partial charge in [0.2, 0.25) is 0 Å². The van der Waals surface area contributed by atoms with Crippen molar-refractivity contribution in [1.29, 1.82) is 0 Å². The van der Waals surface area contributed by atoms with Crippen molar-refractivity contribution in [2.75, 3.05) is 34.5 Å². The molecule has 38 heavy (non-hydrogen) atoms. The number of carbonyl (C=O) groups is 1. The number of fused-ring (bicyclic) bond motifs is 1. The maximum Gasteiger partial charge on any atom is 0.338 e. The topological polar surface area (TPSA) is 97.6 Å². The summed E-state index contributed by atoms with van der Waals surface area (Å²) in [4.78, 5) is 32.1. The Labute approximate surface area is 224 Å². The Bertz CT molecular complexity index is 1570. The van der Waals surface area contributed by atoms with Gasteiger partial charge in [0.25, 0.3) is 5.56 Å². The molecule has 0 radical (unpaired) electrons. The smallest absolute Gasteiger partial charge is 0.338 e. The first-order valence-electron chi connectivity index (χ1n) is 12.1. The Balaban J connectivity index is 1.98. The number of ether oxygens (including phenoxy) is 5. The molecule has 1 aliphatic rings. The van der Waals surface area contributed by atoms with Crippen molar-refractivity contribution in [2.45, 2.75) is 26.8 Å². The van der Waals surface area contributed by atoms with Gasteiger partial charge in [0.15, 0.2) is 27.8 Å². The number of aromatic nitrogens is 1. The first-order valence-corrected chi connectivity index (χ1v) is 12.9. The molecule has 0 spiro atoms. The molecule has 0 saturated carbocycles. The lowest BCUT2D eigenvalue weighted by atomic mass is 9.95. The monoisotopic (exact) mass is 538 g/mol. The molecule has 1 aliphatic heterocycles. The Hall–Kier alpha value is -4.05. The number of hydrogen-bond donors (Lipinski definition) is 0. The van der Waals surface area contributed by atoms with Crippen LogP contribution in [0.15, 0.2) is 57.5 Å². The molecule has 1 aromatic heterocycles. The van der Waals surface area contributed by atoms with E-state index in [4.69, 9.17) is 23.7 Å². The largest absolute Gasteiger partial charge is 0.493 e. The molecule has 9 nitrogen and oxygen atoms in total. The van der Waals surface area contributed by atoms with Crippen LogP contribution >= 0.6 is 11.3 Å². The highest BCUT2D eigenvalue weighted by Crippen LogP contribution is 2.36. The van der Waals surface area contributed by atoms with Crippen molar-refractivity contribution in [2.24, 2.45) is 4.99 Å². The lowest BCUT2D eigenvalue weighted by molar-refractivity contribution is -0.139. The van der Waals surface area contributed by atoms with E-state index >= 15 is 0 Å². The van der Waals surface area contributed by atoms with Gasteiger partial charge >= 0.3 is 5.97 Å². The van der Waals surface area contributed by atoms with Crippen LogP contribution in [0.2, 0.25) is 0 Å². The second-order valence-electron chi connectivity index (χ2n) is 8.23. The molecule has 2 aromatic carbocycles. The van der Waals surface area contributed by atoms with Gasteiger partial charge in [-0.25, -0.2) is 9.79 Å². The van der Waals surface area contributed by atoms with Crippen molar-refractivity contribution in [3.8, 4) is 23.0 Å². The lowest BCUT2D eigenvalue weighted by Crippen LogP contribution is -2.40. The van der Waals surface area contributed by atoms with Crippen LogP contribution in [0.3, 0.4) is 0 Å². The Morgan fingerprint density at radius 1 is 1.03 bits per heavy atom. The molecule has 0 bridgehead atoms. The molecule has 0 unspecified atom stereocenters. The minimum absolute atomic E-state index is 0.190. The number of para-hydroxylation sites is 1. The van der Waals surface area contributed by atoms with Gasteiger partial charge in [0, 0.05) is 5.56 Å². The fourth-order valence-corrected chi connectivity index (χ4v) is 5.44. The number of nitrogens with zero attached hydrogens (tertiary/aromatic N) is 2. The number of esters is 1. The van der Waals surface area contributed by atoms with Crippen LogP contribution in [-0.2, 0) is 9.53 Å². The van der Waals surface area contributed by atoms with Crippen molar-refractivity contribution < 1.29 is 28.5 Å². The highest BCUT2D eigenvalue weighted by atomic mass is 32.1. The third kappa shape index (κ3) is 4.91. The van der Waals surface area contributed by atoms with Crippen LogP contribution in [-0.4, -0.2) is 45.1 Å². The second kappa shape index (κ2) is 11.6. The number of rotatable bonds is 9. The van der Waals surface area contributed by atoms with Crippen LogP contribution in [0.4, 0.5) is 0 Å². The SMILES string of the molecule is CCOC(=O)C1=C(C)N=c2s/c(=C\c3cccc(OC)c3OC)c(=O)n2[C@H]1c1ccc(OC)c(OCC)c1. The van der Waals surface area contributed by atoms with E-state index < -0.39 is 12.0 Å². The minimum Gasteiger partial charge on any atom is -0.493 e. The number of allylic oxidation sites excluding steroid dienone is 1. The average Bonchev–Trinajstić information content (AvgIpc) is 3.21. The first-order chi connectivity index (χ1) is 18.4. The molecule has 0 N–H and O–H groups in total. The van der Waals surface area contributed by atoms with Crippen molar-refractivity contribution >= 4 is 23.4 Å². The third-order valence-corrected chi connectivity index (χ3v) is 7.02. The van der Waals surface area contributed by atoms with E-state index in [1.54, 1.807) is 59.5 Å². The molecule has 2 heterocycles. The van der Waals surface area contributed by atoms with Crippen LogP contribution in [0.5, 0.6) is 23.0 Å². The van der Waals surface area contributed by atoms with E-state index in [0.29, 0.717) is 55.8 Å². The lowest BCUT2D eigenvalue weighted by Gasteiger charge is -2.25. The molecular weight excluding hydrogens is 508 g/mol. The van der Waals surface area contributed by atoms with E-state index in [9.17, 15) is 9.59 Å². The molecule has 10 heteroatoms. The van der Waals surface area contributed by atoms with Gasteiger partial charge in [-0.15, -0.1) is 0 Å². The molecule has 200 valence electrons. The number of carbonyl (C=O) groups excluding carboxylic acids is 1. The van der Waals surface area contributed by atoms with Gasteiger partial charge in [0.1, 0.15) is 0 Å². The maximum atomic E-state index is 13.9. The Morgan fingerprint density at radius 3 is 2.45 bits per heavy atom. The van der Waals surface area contributed by atoms with Crippen LogP contribution < -0.4 is 33.8 Å². The molecule has 0 aliphatic carbocycles. The van der Waals surface area contributed by atoms with Gasteiger partial charge in [0.05, 0.1) is 56.4 Å². The maximum absolute atomic E-state index is 13.9. The Morgan fingerprint density at radius 2 is 1.79 bits per heavy atom. The summed E-state index contributed by atoms with van der Waals surface area (Å²) < 4.78 is 29.5. The van der Waals surface area contributed by atoms with E-state index in [1.807, 2.05) is 25.1 Å². The zero-order valence-corrected chi connectivity index (χ0v) is 23.0. The molecule has 0 saturated heterocycles. The van der Waals surface area contributed by atoms with E-state index in [0.717, 1.165) is 0 Å². The van der Waals surface area contributed by atoms with Gasteiger partial charge in [-0.05, 0) is 50.6 Å². The van der Waals surface area contributed by atoms with E-state index in [2.05, 4.69) is 4.99 Å². The summed E-state index contributed by atoms with van der Waals surface area (Å²) >= 11 is 1.23. The Kier molecular flexibility index (Phi) is 8.21. The molecule has 0 fully saturated rings. The van der Waals surface area contributed by atoms with Gasteiger partial charge < -0.3 is 23.7 Å². The summed E-state index contributed by atoms with van der Waals surface area (Å²) in [6, 6.07) is 10.0. The standard InChI is InChI=1S/C28H30N2O7S/c1-7-36-21-14-17(12-13-19(21)33-4)24-23(27(32)37-8-2)16(3)29-28-30(24)26(31)22(38-28)15-18-10-9-11-20(34-5)25(18)35-6/h9-15,24H,7-8H2,1-6H3/b22-15-/t24-/m0/s1. The minimum atomic E-state index is -0.773. The van der Waals surface area contributed by atoms with Gasteiger partial charge in [-0.2, -0.15) is 0 Å². The third-order valence-electron chi connectivity index (χ3n) is 6.04. The van der Waals surface area contributed by atoms with Crippen molar-refractivity contribution in [3.05, 3.63) is 78.5 Å². The second-order valence-corrected chi connectivity index (χ2v) is 9.24. The normalized spacial score (nSPS) is 15.0. The fraction of sp³-hybridized carbons (Fsp3) is 0.321. The molecule has 0 amide bonds. The molecule has 1 atom stereocenters. The highest BCUT2D eigenvalue weighted by molar-refractivity contribution is 7.07. The zero-order chi connectivity index (χ0) is 27.4. The quantitative estimate of drug-likeness (QED) is 0.386. The number of benzene rings is 2. The summed E-state index contributed by atoms with van der Waals surface area (Å²) in [5.74, 6) is 1.59. The highest BCUT2D eigenvalue weighted by Gasteiger charge is 2.34. The first kappa shape index (κ1) is 27.0. The van der Waals surface area contributed by atoms with Crippen molar-refractivity contribution in [1.82, 2.24) is 4.57 Å². The number of thiazole rings is 1. The van der Waals surface area contributed by atoms with Crippen LogP contribution in [0.25, 0.3) is 6.08 Å².